The van der Waals surface area contributed by atoms with E-state index in [1.165, 1.54) is 22.4 Å². The molecule has 106 valence electrons. The van der Waals surface area contributed by atoms with Gasteiger partial charge in [0.2, 0.25) is 0 Å². The molecule has 0 atom stereocenters. The first-order chi connectivity index (χ1) is 10.8. The molecule has 0 amide bonds. The Balaban J connectivity index is 2.02. The van der Waals surface area contributed by atoms with Crippen LogP contribution >= 0.6 is 0 Å². The van der Waals surface area contributed by atoms with Crippen molar-refractivity contribution in [3.8, 4) is 28.5 Å². The van der Waals surface area contributed by atoms with Crippen molar-refractivity contribution in [3.05, 3.63) is 71.4 Å². The first-order valence-electron chi connectivity index (χ1n) is 7.56. The van der Waals surface area contributed by atoms with Gasteiger partial charge in [0, 0.05) is 23.9 Å². The molecule has 4 rings (SSSR count). The van der Waals surface area contributed by atoms with Crippen LogP contribution in [0.5, 0.6) is 0 Å². The number of nitrogens with zero attached hydrogens (tertiary/aromatic N) is 2. The number of aromatic nitrogens is 1. The summed E-state index contributed by atoms with van der Waals surface area (Å²) in [6, 6.07) is 19.3. The minimum Gasteiger partial charge on any atom is -0.345 e. The zero-order chi connectivity index (χ0) is 15.1. The normalized spacial score (nSPS) is 12.4. The van der Waals surface area contributed by atoms with Crippen molar-refractivity contribution in [2.24, 2.45) is 0 Å². The van der Waals surface area contributed by atoms with Gasteiger partial charge in [-0.25, -0.2) is 0 Å². The van der Waals surface area contributed by atoms with Crippen LogP contribution in [0.1, 0.15) is 16.7 Å². The first kappa shape index (κ1) is 12.9. The summed E-state index contributed by atoms with van der Waals surface area (Å²) in [4.78, 5) is 0. The summed E-state index contributed by atoms with van der Waals surface area (Å²) >= 11 is 0. The van der Waals surface area contributed by atoms with Gasteiger partial charge < -0.3 is 4.57 Å². The van der Waals surface area contributed by atoms with Crippen LogP contribution < -0.4 is 0 Å². The lowest BCUT2D eigenvalue weighted by molar-refractivity contribution is 0.689. The second-order valence-electron chi connectivity index (χ2n) is 5.84. The van der Waals surface area contributed by atoms with Gasteiger partial charge in [-0.3, -0.25) is 0 Å². The monoisotopic (exact) mass is 284 g/mol. The standard InChI is InChI=1S/C20H16N2/c1-14-6-8-16(9-7-14)19-17(12-21)13-22-11-10-15-4-2-3-5-18(15)20(19)22/h2-9,13H,10-11H2,1H3. The van der Waals surface area contributed by atoms with Gasteiger partial charge in [0.1, 0.15) is 6.07 Å². The molecule has 0 radical (unpaired) electrons. The maximum absolute atomic E-state index is 9.57. The van der Waals surface area contributed by atoms with E-state index in [0.29, 0.717) is 0 Å². The van der Waals surface area contributed by atoms with Crippen molar-refractivity contribution < 1.29 is 0 Å². The third-order valence-corrected chi connectivity index (χ3v) is 4.43. The summed E-state index contributed by atoms with van der Waals surface area (Å²) in [6.07, 6.45) is 3.02. The Morgan fingerprint density at radius 2 is 1.82 bits per heavy atom. The molecule has 2 heteroatoms. The minimum absolute atomic E-state index is 0.760. The van der Waals surface area contributed by atoms with E-state index in [1.54, 1.807) is 0 Å². The third kappa shape index (κ3) is 1.87. The fraction of sp³-hybridized carbons (Fsp3) is 0.150. The Labute approximate surface area is 130 Å². The SMILES string of the molecule is Cc1ccc(-c2c(C#N)cn3c2-c2ccccc2CC3)cc1. The molecule has 3 aromatic rings. The fourth-order valence-corrected chi connectivity index (χ4v) is 3.33. The average Bonchev–Trinajstić information content (AvgIpc) is 2.94. The van der Waals surface area contributed by atoms with E-state index in [2.05, 4.69) is 66.1 Å². The molecule has 1 aliphatic heterocycles. The number of fused-ring (bicyclic) bond motifs is 3. The van der Waals surface area contributed by atoms with E-state index >= 15 is 0 Å². The molecular formula is C20H16N2. The van der Waals surface area contributed by atoms with Crippen LogP contribution in [0.3, 0.4) is 0 Å². The highest BCUT2D eigenvalue weighted by Crippen LogP contribution is 2.40. The van der Waals surface area contributed by atoms with Gasteiger partial charge in [-0.05, 0) is 24.5 Å². The second kappa shape index (κ2) is 4.89. The predicted molar refractivity (Wildman–Crippen MR) is 88.5 cm³/mol. The Morgan fingerprint density at radius 3 is 2.59 bits per heavy atom. The number of aryl methyl sites for hydroxylation is 3. The van der Waals surface area contributed by atoms with Crippen LogP contribution in [-0.4, -0.2) is 4.57 Å². The van der Waals surface area contributed by atoms with Crippen molar-refractivity contribution in [1.82, 2.24) is 4.57 Å². The molecule has 2 heterocycles. The summed E-state index contributed by atoms with van der Waals surface area (Å²) in [5.41, 5.74) is 7.98. The first-order valence-corrected chi connectivity index (χ1v) is 7.56. The van der Waals surface area contributed by atoms with Crippen LogP contribution in [0.4, 0.5) is 0 Å². The van der Waals surface area contributed by atoms with Crippen molar-refractivity contribution in [2.75, 3.05) is 0 Å². The van der Waals surface area contributed by atoms with Crippen LogP contribution in [0.2, 0.25) is 0 Å². The summed E-state index contributed by atoms with van der Waals surface area (Å²) in [5.74, 6) is 0. The summed E-state index contributed by atoms with van der Waals surface area (Å²) < 4.78 is 2.23. The summed E-state index contributed by atoms with van der Waals surface area (Å²) in [5, 5.41) is 9.57. The molecule has 0 saturated heterocycles. The van der Waals surface area contributed by atoms with Crippen molar-refractivity contribution in [2.45, 2.75) is 19.9 Å². The number of rotatable bonds is 1. The molecule has 0 bridgehead atoms. The van der Waals surface area contributed by atoms with Gasteiger partial charge in [0.15, 0.2) is 0 Å². The van der Waals surface area contributed by atoms with Crippen LogP contribution in [0.25, 0.3) is 22.4 Å². The Bertz CT molecular complexity index is 892. The molecule has 2 aromatic carbocycles. The topological polar surface area (TPSA) is 28.7 Å². The van der Waals surface area contributed by atoms with E-state index < -0.39 is 0 Å². The lowest BCUT2D eigenvalue weighted by Gasteiger charge is -2.20. The molecule has 0 aliphatic carbocycles. The molecular weight excluding hydrogens is 268 g/mol. The van der Waals surface area contributed by atoms with Gasteiger partial charge in [0.05, 0.1) is 11.3 Å². The van der Waals surface area contributed by atoms with E-state index in [0.717, 1.165) is 29.7 Å². The lowest BCUT2D eigenvalue weighted by Crippen LogP contribution is -2.09. The molecule has 22 heavy (non-hydrogen) atoms. The van der Waals surface area contributed by atoms with Gasteiger partial charge in [-0.2, -0.15) is 5.26 Å². The highest BCUT2D eigenvalue weighted by molar-refractivity contribution is 5.88. The van der Waals surface area contributed by atoms with Crippen molar-refractivity contribution in [1.29, 1.82) is 5.26 Å². The smallest absolute Gasteiger partial charge is 0.101 e. The second-order valence-corrected chi connectivity index (χ2v) is 5.84. The molecule has 0 spiro atoms. The van der Waals surface area contributed by atoms with Gasteiger partial charge in [-0.15, -0.1) is 0 Å². The maximum atomic E-state index is 9.57. The Morgan fingerprint density at radius 1 is 1.05 bits per heavy atom. The largest absolute Gasteiger partial charge is 0.345 e. The van der Waals surface area contributed by atoms with E-state index in [4.69, 9.17) is 0 Å². The van der Waals surface area contributed by atoms with E-state index in [1.807, 2.05) is 6.20 Å². The highest BCUT2D eigenvalue weighted by atomic mass is 15.0. The molecule has 1 aliphatic rings. The molecule has 0 N–H and O–H groups in total. The van der Waals surface area contributed by atoms with Crippen molar-refractivity contribution >= 4 is 0 Å². The highest BCUT2D eigenvalue weighted by Gasteiger charge is 2.23. The molecule has 0 unspecified atom stereocenters. The maximum Gasteiger partial charge on any atom is 0.101 e. The van der Waals surface area contributed by atoms with Crippen molar-refractivity contribution in [3.63, 3.8) is 0 Å². The Hall–Kier alpha value is -2.79. The van der Waals surface area contributed by atoms with E-state index in [-0.39, 0.29) is 0 Å². The zero-order valence-corrected chi connectivity index (χ0v) is 12.5. The Kier molecular flexibility index (Phi) is 2.87. The number of hydrogen-bond acceptors (Lipinski definition) is 1. The molecule has 1 aromatic heterocycles. The minimum atomic E-state index is 0.760. The number of nitriles is 1. The van der Waals surface area contributed by atoms with Gasteiger partial charge in [0.25, 0.3) is 0 Å². The summed E-state index contributed by atoms with van der Waals surface area (Å²) in [6.45, 7) is 3.02. The lowest BCUT2D eigenvalue weighted by atomic mass is 9.92. The van der Waals surface area contributed by atoms with Gasteiger partial charge in [-0.1, -0.05) is 54.1 Å². The average molecular weight is 284 g/mol. The quantitative estimate of drug-likeness (QED) is 0.644. The van der Waals surface area contributed by atoms with Crippen LogP contribution in [0, 0.1) is 18.3 Å². The predicted octanol–water partition coefficient (Wildman–Crippen LogP) is 4.56. The fourth-order valence-electron chi connectivity index (χ4n) is 3.33. The summed E-state index contributed by atoms with van der Waals surface area (Å²) in [7, 11) is 0. The van der Waals surface area contributed by atoms with Crippen LogP contribution in [-0.2, 0) is 13.0 Å². The number of hydrogen-bond donors (Lipinski definition) is 0. The molecule has 2 nitrogen and oxygen atoms in total. The molecule has 0 fully saturated rings. The third-order valence-electron chi connectivity index (χ3n) is 4.43. The molecule has 0 saturated carbocycles. The van der Waals surface area contributed by atoms with Crippen LogP contribution in [0.15, 0.2) is 54.7 Å². The van der Waals surface area contributed by atoms with Gasteiger partial charge >= 0.3 is 0 Å². The zero-order valence-electron chi connectivity index (χ0n) is 12.5. The van der Waals surface area contributed by atoms with E-state index in [9.17, 15) is 5.26 Å². The number of benzene rings is 2.